The number of nitrogens with zero attached hydrogens (tertiary/aromatic N) is 1. The normalized spacial score (nSPS) is 13.0. The lowest BCUT2D eigenvalue weighted by Crippen LogP contribution is -2.46. The van der Waals surface area contributed by atoms with Gasteiger partial charge in [-0.3, -0.25) is 4.79 Å². The van der Waals surface area contributed by atoms with Gasteiger partial charge in [0.15, 0.2) is 6.04 Å². The van der Waals surface area contributed by atoms with E-state index in [-0.39, 0.29) is 12.8 Å². The van der Waals surface area contributed by atoms with Crippen LogP contribution in [-0.2, 0) is 22.4 Å². The van der Waals surface area contributed by atoms with Gasteiger partial charge in [-0.25, -0.2) is 4.79 Å². The Morgan fingerprint density at radius 2 is 1.79 bits per heavy atom. The molecule has 0 radical (unpaired) electrons. The first kappa shape index (κ1) is 19.3. The lowest BCUT2D eigenvalue weighted by atomic mass is 10.0. The number of carboxylic acids is 1. The second-order valence-corrected chi connectivity index (χ2v) is 6.61. The van der Waals surface area contributed by atoms with Crippen LogP contribution in [0.2, 0.25) is 0 Å². The van der Waals surface area contributed by atoms with Crippen LogP contribution in [0.25, 0.3) is 10.9 Å². The fraction of sp³-hybridized carbons (Fsp3) is 0.238. The lowest BCUT2D eigenvalue weighted by Gasteiger charge is -2.16. The first-order valence-electron chi connectivity index (χ1n) is 9.03. The highest BCUT2D eigenvalue weighted by atomic mass is 16.4. The third-order valence-electron chi connectivity index (χ3n) is 4.69. The Morgan fingerprint density at radius 1 is 1.07 bits per heavy atom. The van der Waals surface area contributed by atoms with E-state index in [1.165, 1.54) is 0 Å². The molecule has 0 aliphatic heterocycles. The van der Waals surface area contributed by atoms with Crippen molar-refractivity contribution in [2.24, 2.45) is 5.18 Å². The zero-order valence-electron chi connectivity index (χ0n) is 15.2. The molecule has 0 fully saturated rings. The number of carbonyl (C=O) groups excluding carboxylic acids is 1. The van der Waals surface area contributed by atoms with E-state index in [4.69, 9.17) is 0 Å². The number of hydrogen-bond acceptors (Lipinski definition) is 4. The molecule has 1 aromatic heterocycles. The van der Waals surface area contributed by atoms with Gasteiger partial charge in [-0.15, -0.1) is 4.91 Å². The summed E-state index contributed by atoms with van der Waals surface area (Å²) in [5, 5.41) is 15.8. The Kier molecular flexibility index (Phi) is 6.16. The Bertz CT molecular complexity index is 968. The zero-order chi connectivity index (χ0) is 19.9. The fourth-order valence-corrected chi connectivity index (χ4v) is 3.17. The highest BCUT2D eigenvalue weighted by Gasteiger charge is 2.26. The molecule has 1 heterocycles. The number of benzene rings is 2. The number of aliphatic carboxylic acids is 1. The molecule has 0 bridgehead atoms. The summed E-state index contributed by atoms with van der Waals surface area (Å²) < 4.78 is 0. The number of fused-ring (bicyclic) bond motifs is 1. The summed E-state index contributed by atoms with van der Waals surface area (Å²) >= 11 is 0. The number of carboxylic acid groups (broad SMARTS) is 1. The van der Waals surface area contributed by atoms with Gasteiger partial charge in [0.25, 0.3) is 0 Å². The number of aromatic amines is 1. The van der Waals surface area contributed by atoms with Crippen molar-refractivity contribution in [2.75, 3.05) is 0 Å². The number of para-hydroxylation sites is 1. The summed E-state index contributed by atoms with van der Waals surface area (Å²) in [6.45, 7) is 0. The average Bonchev–Trinajstić information content (AvgIpc) is 3.11. The standard InChI is InChI=1S/C21H21N3O4/c25-20(18(24-28)11-10-14-6-2-1-3-7-14)23-19(21(26)27)12-15-13-22-17-9-5-4-8-16(15)17/h1-9,13,18-19,22H,10-12H2,(H,23,25)(H,26,27)/t18?,19-/m0/s1. The molecule has 3 N–H and O–H groups in total. The number of amides is 1. The molecular weight excluding hydrogens is 358 g/mol. The van der Waals surface area contributed by atoms with Gasteiger partial charge in [0.2, 0.25) is 5.91 Å². The molecule has 0 aliphatic rings. The van der Waals surface area contributed by atoms with Crippen LogP contribution >= 0.6 is 0 Å². The van der Waals surface area contributed by atoms with E-state index >= 15 is 0 Å². The summed E-state index contributed by atoms with van der Waals surface area (Å²) in [6.07, 6.45) is 2.57. The molecule has 2 atom stereocenters. The molecule has 0 saturated heterocycles. The average molecular weight is 379 g/mol. The SMILES string of the molecule is O=NC(CCc1ccccc1)C(=O)N[C@@H](Cc1c[nH]c2ccccc12)C(=O)O. The van der Waals surface area contributed by atoms with Crippen LogP contribution in [-0.4, -0.2) is 34.1 Å². The van der Waals surface area contributed by atoms with Gasteiger partial charge < -0.3 is 15.4 Å². The maximum Gasteiger partial charge on any atom is 0.326 e. The molecule has 144 valence electrons. The largest absolute Gasteiger partial charge is 0.480 e. The number of H-pyrrole nitrogens is 1. The van der Waals surface area contributed by atoms with E-state index in [9.17, 15) is 19.6 Å². The molecule has 3 rings (SSSR count). The van der Waals surface area contributed by atoms with E-state index in [0.717, 1.165) is 22.0 Å². The van der Waals surface area contributed by atoms with Gasteiger partial charge in [-0.05, 0) is 30.0 Å². The van der Waals surface area contributed by atoms with Crippen molar-refractivity contribution >= 4 is 22.8 Å². The Hall–Kier alpha value is -3.48. The smallest absolute Gasteiger partial charge is 0.326 e. The number of nitroso groups, excluding NO2 is 1. The fourth-order valence-electron chi connectivity index (χ4n) is 3.17. The van der Waals surface area contributed by atoms with Crippen molar-refractivity contribution in [3.8, 4) is 0 Å². The molecule has 1 unspecified atom stereocenters. The van der Waals surface area contributed by atoms with E-state index in [2.05, 4.69) is 15.5 Å². The van der Waals surface area contributed by atoms with Crippen molar-refractivity contribution in [1.29, 1.82) is 0 Å². The maximum atomic E-state index is 12.4. The molecular formula is C21H21N3O4. The van der Waals surface area contributed by atoms with Crippen LogP contribution in [0.5, 0.6) is 0 Å². The summed E-state index contributed by atoms with van der Waals surface area (Å²) in [7, 11) is 0. The van der Waals surface area contributed by atoms with Crippen molar-refractivity contribution in [3.05, 3.63) is 76.8 Å². The predicted molar refractivity (Wildman–Crippen MR) is 106 cm³/mol. The summed E-state index contributed by atoms with van der Waals surface area (Å²) in [4.78, 5) is 38.3. The maximum absolute atomic E-state index is 12.4. The van der Waals surface area contributed by atoms with Crippen molar-refractivity contribution in [2.45, 2.75) is 31.3 Å². The highest BCUT2D eigenvalue weighted by molar-refractivity contribution is 5.88. The minimum atomic E-state index is -1.16. The highest BCUT2D eigenvalue weighted by Crippen LogP contribution is 2.19. The third kappa shape index (κ3) is 4.62. The zero-order valence-corrected chi connectivity index (χ0v) is 15.2. The van der Waals surface area contributed by atoms with Crippen LogP contribution in [0.15, 0.2) is 66.0 Å². The number of rotatable bonds is 9. The molecule has 0 spiro atoms. The molecule has 7 nitrogen and oxygen atoms in total. The number of aryl methyl sites for hydroxylation is 1. The van der Waals surface area contributed by atoms with E-state index in [1.54, 1.807) is 6.20 Å². The van der Waals surface area contributed by atoms with Crippen molar-refractivity contribution in [1.82, 2.24) is 10.3 Å². The lowest BCUT2D eigenvalue weighted by molar-refractivity contribution is -0.142. The monoisotopic (exact) mass is 379 g/mol. The van der Waals surface area contributed by atoms with Gasteiger partial charge in [0.05, 0.1) is 0 Å². The Morgan fingerprint density at radius 3 is 2.50 bits per heavy atom. The molecule has 0 saturated carbocycles. The predicted octanol–water partition coefficient (Wildman–Crippen LogP) is 3.05. The van der Waals surface area contributed by atoms with E-state index in [1.807, 2.05) is 54.6 Å². The van der Waals surface area contributed by atoms with E-state index < -0.39 is 24.0 Å². The van der Waals surface area contributed by atoms with E-state index in [0.29, 0.717) is 6.42 Å². The second-order valence-electron chi connectivity index (χ2n) is 6.61. The van der Waals surface area contributed by atoms with Crippen LogP contribution < -0.4 is 5.32 Å². The van der Waals surface area contributed by atoms with Gasteiger partial charge in [-0.2, -0.15) is 0 Å². The number of carbonyl (C=O) groups is 2. The Balaban J connectivity index is 1.66. The van der Waals surface area contributed by atoms with Crippen LogP contribution in [0.1, 0.15) is 17.5 Å². The van der Waals surface area contributed by atoms with Crippen LogP contribution in [0.3, 0.4) is 0 Å². The second kappa shape index (κ2) is 8.94. The summed E-state index contributed by atoms with van der Waals surface area (Å²) in [5.74, 6) is -1.83. The minimum Gasteiger partial charge on any atom is -0.480 e. The van der Waals surface area contributed by atoms with Crippen molar-refractivity contribution in [3.63, 3.8) is 0 Å². The minimum absolute atomic E-state index is 0.106. The van der Waals surface area contributed by atoms with Crippen LogP contribution in [0.4, 0.5) is 0 Å². The topological polar surface area (TPSA) is 112 Å². The molecule has 1 amide bonds. The Labute approximate surface area is 161 Å². The number of hydrogen-bond donors (Lipinski definition) is 3. The number of nitrogens with one attached hydrogen (secondary N) is 2. The third-order valence-corrected chi connectivity index (χ3v) is 4.69. The van der Waals surface area contributed by atoms with Gasteiger partial charge in [-0.1, -0.05) is 53.7 Å². The quantitative estimate of drug-likeness (QED) is 0.496. The van der Waals surface area contributed by atoms with Crippen molar-refractivity contribution < 1.29 is 14.7 Å². The molecule has 28 heavy (non-hydrogen) atoms. The first-order valence-corrected chi connectivity index (χ1v) is 9.03. The summed E-state index contributed by atoms with van der Waals surface area (Å²) in [6, 6.07) is 14.7. The van der Waals surface area contributed by atoms with Gasteiger partial charge in [0, 0.05) is 23.5 Å². The molecule has 7 heteroatoms. The first-order chi connectivity index (χ1) is 13.6. The molecule has 0 aliphatic carbocycles. The number of aromatic nitrogens is 1. The molecule has 2 aromatic carbocycles. The van der Waals surface area contributed by atoms with Gasteiger partial charge >= 0.3 is 5.97 Å². The van der Waals surface area contributed by atoms with Crippen LogP contribution in [0, 0.1) is 4.91 Å². The molecule has 3 aromatic rings. The summed E-state index contributed by atoms with van der Waals surface area (Å²) in [5.41, 5.74) is 2.66. The van der Waals surface area contributed by atoms with Gasteiger partial charge in [0.1, 0.15) is 6.04 Å².